The normalized spacial score (nSPS) is 14.7. The smallest absolute Gasteiger partial charge is 0.0767 e. The fourth-order valence-electron chi connectivity index (χ4n) is 2.49. The van der Waals surface area contributed by atoms with Crippen molar-refractivity contribution in [3.05, 3.63) is 34.9 Å². The molecule has 0 spiro atoms. The largest absolute Gasteiger partial charge is 0.377 e. The number of aryl methyl sites for hydroxylation is 2. The van der Waals surface area contributed by atoms with Gasteiger partial charge in [0.2, 0.25) is 0 Å². The van der Waals surface area contributed by atoms with E-state index >= 15 is 0 Å². The summed E-state index contributed by atoms with van der Waals surface area (Å²) in [5.74, 6) is 6.18. The van der Waals surface area contributed by atoms with Crippen molar-refractivity contribution in [2.45, 2.75) is 53.2 Å². The number of hydrazine groups is 1. The van der Waals surface area contributed by atoms with Crippen molar-refractivity contribution in [2.24, 2.45) is 11.8 Å². The van der Waals surface area contributed by atoms with Crippen LogP contribution in [-0.4, -0.2) is 18.8 Å². The van der Waals surface area contributed by atoms with Gasteiger partial charge in [-0.1, -0.05) is 37.6 Å². The van der Waals surface area contributed by atoms with Gasteiger partial charge in [-0.05, 0) is 44.2 Å². The molecule has 0 amide bonds. The second kappa shape index (κ2) is 7.63. The molecule has 0 fully saturated rings. The maximum atomic E-state index is 5.86. The predicted octanol–water partition coefficient (Wildman–Crippen LogP) is 2.74. The lowest BCUT2D eigenvalue weighted by molar-refractivity contribution is 0.00352. The zero-order chi connectivity index (χ0) is 14.4. The van der Waals surface area contributed by atoms with Crippen LogP contribution in [0.2, 0.25) is 0 Å². The molecule has 0 aliphatic heterocycles. The Morgan fingerprint density at radius 2 is 1.95 bits per heavy atom. The summed E-state index contributed by atoms with van der Waals surface area (Å²) in [6, 6.07) is 6.69. The highest BCUT2D eigenvalue weighted by Crippen LogP contribution is 2.18. The summed E-state index contributed by atoms with van der Waals surface area (Å²) in [6.45, 7) is 11.4. The summed E-state index contributed by atoms with van der Waals surface area (Å²) >= 11 is 0. The first-order chi connectivity index (χ1) is 8.99. The third kappa shape index (κ3) is 4.60. The lowest BCUT2D eigenvalue weighted by atomic mass is 9.92. The lowest BCUT2D eigenvalue weighted by Crippen LogP contribution is -2.49. The molecule has 1 aromatic rings. The second-order valence-electron chi connectivity index (χ2n) is 5.57. The quantitative estimate of drug-likeness (QED) is 0.588. The van der Waals surface area contributed by atoms with E-state index in [-0.39, 0.29) is 12.1 Å². The Kier molecular flexibility index (Phi) is 6.49. The Labute approximate surface area is 117 Å². The van der Waals surface area contributed by atoms with Crippen LogP contribution in [0, 0.1) is 19.8 Å². The van der Waals surface area contributed by atoms with Crippen molar-refractivity contribution >= 4 is 0 Å². The van der Waals surface area contributed by atoms with Crippen LogP contribution in [-0.2, 0) is 11.2 Å². The van der Waals surface area contributed by atoms with E-state index in [9.17, 15) is 0 Å². The van der Waals surface area contributed by atoms with Gasteiger partial charge >= 0.3 is 0 Å². The van der Waals surface area contributed by atoms with E-state index in [1.165, 1.54) is 16.7 Å². The molecule has 3 N–H and O–H groups in total. The molecule has 0 aliphatic carbocycles. The molecular formula is C16H28N2O. The van der Waals surface area contributed by atoms with E-state index < -0.39 is 0 Å². The standard InChI is InChI=1S/C16H28N2O/c1-6-19-16(11(2)3)15(18-17)10-14-9-12(4)7-8-13(14)5/h7-9,11,15-16,18H,6,10,17H2,1-5H3. The monoisotopic (exact) mass is 264 g/mol. The average molecular weight is 264 g/mol. The Morgan fingerprint density at radius 1 is 1.26 bits per heavy atom. The average Bonchev–Trinajstić information content (AvgIpc) is 2.37. The fourth-order valence-corrected chi connectivity index (χ4v) is 2.49. The summed E-state index contributed by atoms with van der Waals surface area (Å²) in [5, 5.41) is 0. The van der Waals surface area contributed by atoms with Crippen LogP contribution >= 0.6 is 0 Å². The zero-order valence-electron chi connectivity index (χ0n) is 12.9. The van der Waals surface area contributed by atoms with Crippen LogP contribution in [0.3, 0.4) is 0 Å². The number of benzene rings is 1. The maximum Gasteiger partial charge on any atom is 0.0767 e. The molecule has 0 heterocycles. The highest BCUT2D eigenvalue weighted by molar-refractivity contribution is 5.31. The number of ether oxygens (including phenoxy) is 1. The molecule has 3 nitrogen and oxygen atoms in total. The van der Waals surface area contributed by atoms with Crippen LogP contribution in [0.25, 0.3) is 0 Å². The van der Waals surface area contributed by atoms with Crippen LogP contribution in [0.4, 0.5) is 0 Å². The molecule has 108 valence electrons. The molecule has 0 aromatic heterocycles. The van der Waals surface area contributed by atoms with Crippen molar-refractivity contribution in [3.8, 4) is 0 Å². The van der Waals surface area contributed by atoms with E-state index in [2.05, 4.69) is 51.3 Å². The first kappa shape index (κ1) is 16.2. The molecule has 2 unspecified atom stereocenters. The van der Waals surface area contributed by atoms with Crippen molar-refractivity contribution in [2.75, 3.05) is 6.61 Å². The number of nitrogens with one attached hydrogen (secondary N) is 1. The number of nitrogens with two attached hydrogens (primary N) is 1. The first-order valence-electron chi connectivity index (χ1n) is 7.13. The zero-order valence-corrected chi connectivity index (χ0v) is 12.9. The summed E-state index contributed by atoms with van der Waals surface area (Å²) in [6.07, 6.45) is 1.03. The summed E-state index contributed by atoms with van der Waals surface area (Å²) < 4.78 is 5.86. The van der Waals surface area contributed by atoms with E-state index in [4.69, 9.17) is 10.6 Å². The van der Waals surface area contributed by atoms with Crippen molar-refractivity contribution in [3.63, 3.8) is 0 Å². The van der Waals surface area contributed by atoms with Crippen molar-refractivity contribution in [1.82, 2.24) is 5.43 Å². The third-order valence-corrected chi connectivity index (χ3v) is 3.57. The minimum absolute atomic E-state index is 0.134. The highest BCUT2D eigenvalue weighted by Gasteiger charge is 2.24. The van der Waals surface area contributed by atoms with Crippen LogP contribution in [0.1, 0.15) is 37.5 Å². The van der Waals surface area contributed by atoms with Gasteiger partial charge in [-0.2, -0.15) is 0 Å². The van der Waals surface area contributed by atoms with Crippen LogP contribution in [0.5, 0.6) is 0 Å². The van der Waals surface area contributed by atoms with E-state index in [1.54, 1.807) is 0 Å². The third-order valence-electron chi connectivity index (χ3n) is 3.57. The van der Waals surface area contributed by atoms with Gasteiger partial charge in [0.15, 0.2) is 0 Å². The summed E-state index contributed by atoms with van der Waals surface area (Å²) in [7, 11) is 0. The Morgan fingerprint density at radius 3 is 2.47 bits per heavy atom. The molecule has 0 radical (unpaired) electrons. The van der Waals surface area contributed by atoms with E-state index in [0.717, 1.165) is 6.42 Å². The molecule has 0 saturated heterocycles. The lowest BCUT2D eigenvalue weighted by Gasteiger charge is -2.30. The molecule has 0 saturated carbocycles. The van der Waals surface area contributed by atoms with Gasteiger partial charge in [-0.3, -0.25) is 11.3 Å². The molecule has 3 heteroatoms. The number of hydrogen-bond acceptors (Lipinski definition) is 3. The SMILES string of the molecule is CCOC(C(C)C)C(Cc1cc(C)ccc1C)NN. The van der Waals surface area contributed by atoms with Crippen molar-refractivity contribution < 1.29 is 4.74 Å². The minimum atomic E-state index is 0.134. The molecule has 19 heavy (non-hydrogen) atoms. The summed E-state index contributed by atoms with van der Waals surface area (Å²) in [4.78, 5) is 0. The fraction of sp³-hybridized carbons (Fsp3) is 0.625. The predicted molar refractivity (Wildman–Crippen MR) is 81.0 cm³/mol. The van der Waals surface area contributed by atoms with Gasteiger partial charge in [0.1, 0.15) is 0 Å². The van der Waals surface area contributed by atoms with E-state index in [1.807, 2.05) is 6.92 Å². The highest BCUT2D eigenvalue weighted by atomic mass is 16.5. The Hall–Kier alpha value is -0.900. The van der Waals surface area contributed by atoms with Crippen molar-refractivity contribution in [1.29, 1.82) is 0 Å². The van der Waals surface area contributed by atoms with Gasteiger partial charge < -0.3 is 4.74 Å². The van der Waals surface area contributed by atoms with Crippen LogP contribution < -0.4 is 11.3 Å². The van der Waals surface area contributed by atoms with Gasteiger partial charge in [0.05, 0.1) is 12.1 Å². The number of hydrogen-bond donors (Lipinski definition) is 2. The Bertz CT molecular complexity index is 390. The molecule has 1 rings (SSSR count). The molecule has 0 aliphatic rings. The minimum Gasteiger partial charge on any atom is -0.377 e. The molecule has 2 atom stereocenters. The molecule has 0 bridgehead atoms. The topological polar surface area (TPSA) is 47.3 Å². The van der Waals surface area contributed by atoms with Gasteiger partial charge in [-0.25, -0.2) is 0 Å². The molecular weight excluding hydrogens is 236 g/mol. The number of rotatable bonds is 7. The van der Waals surface area contributed by atoms with Gasteiger partial charge in [-0.15, -0.1) is 0 Å². The summed E-state index contributed by atoms with van der Waals surface area (Å²) in [5.41, 5.74) is 6.88. The first-order valence-corrected chi connectivity index (χ1v) is 7.13. The van der Waals surface area contributed by atoms with Gasteiger partial charge in [0.25, 0.3) is 0 Å². The Balaban J connectivity index is 2.88. The second-order valence-corrected chi connectivity index (χ2v) is 5.57. The maximum absolute atomic E-state index is 5.86. The van der Waals surface area contributed by atoms with Gasteiger partial charge in [0, 0.05) is 6.61 Å². The van der Waals surface area contributed by atoms with E-state index in [0.29, 0.717) is 12.5 Å². The molecule has 1 aromatic carbocycles. The van der Waals surface area contributed by atoms with Crippen LogP contribution in [0.15, 0.2) is 18.2 Å².